The summed E-state index contributed by atoms with van der Waals surface area (Å²) < 4.78 is 23.8. The Morgan fingerprint density at radius 2 is 1.67 bits per heavy atom. The number of aliphatic hydroxyl groups is 4. The van der Waals surface area contributed by atoms with E-state index in [1.807, 2.05) is 0 Å². The van der Waals surface area contributed by atoms with Crippen LogP contribution in [0.4, 0.5) is 0 Å². The number of hydrogen-bond donors (Lipinski definition) is 4. The lowest BCUT2D eigenvalue weighted by molar-refractivity contribution is -0.351. The Bertz CT molecular complexity index is 1300. The SMILES string of the molecule is CC(=O)OC1CC2(C(C)(C)O)C(=C1C)C(O)C(O)C1(C)C(O)CC3OCC3(OC(C)=O)C1C2OC(=O)c1ccccc1. The summed E-state index contributed by atoms with van der Waals surface area (Å²) in [4.78, 5) is 38.6. The Morgan fingerprint density at radius 1 is 1.02 bits per heavy atom. The summed E-state index contributed by atoms with van der Waals surface area (Å²) in [7, 11) is 0. The van der Waals surface area contributed by atoms with Crippen LogP contribution in [0.3, 0.4) is 0 Å². The van der Waals surface area contributed by atoms with E-state index in [4.69, 9.17) is 18.9 Å². The van der Waals surface area contributed by atoms with E-state index in [-0.39, 0.29) is 30.6 Å². The van der Waals surface area contributed by atoms with Crippen molar-refractivity contribution < 1.29 is 53.8 Å². The highest BCUT2D eigenvalue weighted by atomic mass is 16.6. The van der Waals surface area contributed by atoms with Gasteiger partial charge in [-0.25, -0.2) is 4.79 Å². The molecule has 3 aliphatic carbocycles. The molecule has 10 atom stereocenters. The maximum Gasteiger partial charge on any atom is 0.338 e. The Labute approximate surface area is 244 Å². The average molecular weight is 589 g/mol. The minimum atomic E-state index is -1.77. The highest BCUT2D eigenvalue weighted by molar-refractivity contribution is 5.89. The third kappa shape index (κ3) is 4.16. The van der Waals surface area contributed by atoms with Gasteiger partial charge < -0.3 is 39.4 Å². The molecular formula is C31H40O11. The molecule has 0 spiro atoms. The number of fused-ring (bicyclic) bond motifs is 4. The molecular weight excluding hydrogens is 548 g/mol. The summed E-state index contributed by atoms with van der Waals surface area (Å²) in [5.74, 6) is -3.19. The molecule has 230 valence electrons. The summed E-state index contributed by atoms with van der Waals surface area (Å²) in [6.45, 7) is 8.53. The van der Waals surface area contributed by atoms with Crippen molar-refractivity contribution in [2.24, 2.45) is 16.7 Å². The minimum absolute atomic E-state index is 0.0208. The lowest BCUT2D eigenvalue weighted by Gasteiger charge is -2.65. The Hall–Kier alpha value is -2.83. The van der Waals surface area contributed by atoms with E-state index < -0.39 is 82.5 Å². The smallest absolute Gasteiger partial charge is 0.338 e. The largest absolute Gasteiger partial charge is 0.458 e. The molecule has 1 aliphatic heterocycles. The Kier molecular flexibility index (Phi) is 7.38. The highest BCUT2D eigenvalue weighted by Gasteiger charge is 2.79. The van der Waals surface area contributed by atoms with Gasteiger partial charge in [0.05, 0.1) is 41.3 Å². The summed E-state index contributed by atoms with van der Waals surface area (Å²) in [6.07, 6.45) is -7.92. The Balaban J connectivity index is 1.84. The van der Waals surface area contributed by atoms with E-state index in [0.29, 0.717) is 5.57 Å². The van der Waals surface area contributed by atoms with Gasteiger partial charge >= 0.3 is 17.9 Å². The van der Waals surface area contributed by atoms with Crippen molar-refractivity contribution in [2.45, 2.75) is 102 Å². The first kappa shape index (κ1) is 30.6. The predicted octanol–water partition coefficient (Wildman–Crippen LogP) is 1.44. The number of rotatable bonds is 5. The summed E-state index contributed by atoms with van der Waals surface area (Å²) >= 11 is 0. The molecule has 11 nitrogen and oxygen atoms in total. The average Bonchev–Trinajstić information content (AvgIpc) is 3.17. The highest BCUT2D eigenvalue weighted by Crippen LogP contribution is 2.67. The Morgan fingerprint density at radius 3 is 2.19 bits per heavy atom. The number of carbonyl (C=O) groups is 3. The first-order chi connectivity index (χ1) is 19.5. The van der Waals surface area contributed by atoms with Crippen LogP contribution in [0.25, 0.3) is 0 Å². The molecule has 1 heterocycles. The summed E-state index contributed by atoms with van der Waals surface area (Å²) in [5, 5.41) is 47.6. The van der Waals surface area contributed by atoms with Gasteiger partial charge in [-0.1, -0.05) is 25.1 Å². The summed E-state index contributed by atoms with van der Waals surface area (Å²) in [5.41, 5.74) is -5.81. The quantitative estimate of drug-likeness (QED) is 0.223. The molecule has 0 radical (unpaired) electrons. The molecule has 5 rings (SSSR count). The standard InChI is InChI=1S/C31H40O11/c1-15-19(40-16(2)32)13-30(28(4,5)38)22(15)23(35)25(36)29(6)20(34)12-21-31(14-39-21,42-17(3)33)24(29)26(30)41-27(37)18-10-8-7-9-11-18/h7-11,19-21,23-26,34-36,38H,12-14H2,1-6H3. The third-order valence-corrected chi connectivity index (χ3v) is 10.3. The molecule has 1 aromatic rings. The van der Waals surface area contributed by atoms with Crippen molar-refractivity contribution in [1.82, 2.24) is 0 Å². The molecule has 0 bridgehead atoms. The van der Waals surface area contributed by atoms with E-state index in [0.717, 1.165) is 0 Å². The predicted molar refractivity (Wildman–Crippen MR) is 146 cm³/mol. The molecule has 1 aromatic carbocycles. The maximum atomic E-state index is 13.8. The number of ether oxygens (including phenoxy) is 4. The zero-order valence-corrected chi connectivity index (χ0v) is 24.7. The van der Waals surface area contributed by atoms with Crippen LogP contribution in [0.2, 0.25) is 0 Å². The topological polar surface area (TPSA) is 169 Å². The van der Waals surface area contributed by atoms with Crippen LogP contribution in [-0.2, 0) is 28.5 Å². The molecule has 0 amide bonds. The van der Waals surface area contributed by atoms with Crippen LogP contribution >= 0.6 is 0 Å². The molecule has 11 heteroatoms. The van der Waals surface area contributed by atoms with Gasteiger partial charge in [-0.15, -0.1) is 0 Å². The van der Waals surface area contributed by atoms with Gasteiger partial charge in [0.15, 0.2) is 5.60 Å². The molecule has 42 heavy (non-hydrogen) atoms. The lowest BCUT2D eigenvalue weighted by Crippen LogP contribution is -2.78. The van der Waals surface area contributed by atoms with E-state index in [1.54, 1.807) is 44.2 Å². The minimum Gasteiger partial charge on any atom is -0.458 e. The second-order valence-electron chi connectivity index (χ2n) is 13.0. The lowest BCUT2D eigenvalue weighted by atomic mass is 9.49. The first-order valence-electron chi connectivity index (χ1n) is 14.2. The van der Waals surface area contributed by atoms with E-state index in [1.165, 1.54) is 27.7 Å². The van der Waals surface area contributed by atoms with Crippen LogP contribution in [0.1, 0.15) is 64.7 Å². The van der Waals surface area contributed by atoms with Gasteiger partial charge in [-0.3, -0.25) is 9.59 Å². The number of aliphatic hydroxyl groups excluding tert-OH is 3. The van der Waals surface area contributed by atoms with Gasteiger partial charge in [-0.2, -0.15) is 0 Å². The van der Waals surface area contributed by atoms with Crippen LogP contribution in [-0.4, -0.2) is 92.8 Å². The van der Waals surface area contributed by atoms with Gasteiger partial charge in [0.2, 0.25) is 0 Å². The van der Waals surface area contributed by atoms with Crippen molar-refractivity contribution in [3.05, 3.63) is 47.0 Å². The molecule has 0 aromatic heterocycles. The number of esters is 3. The van der Waals surface area contributed by atoms with Crippen molar-refractivity contribution in [3.8, 4) is 0 Å². The summed E-state index contributed by atoms with van der Waals surface area (Å²) in [6, 6.07) is 8.18. The molecule has 4 N–H and O–H groups in total. The maximum absolute atomic E-state index is 13.8. The zero-order chi connectivity index (χ0) is 31.0. The monoisotopic (exact) mass is 588 g/mol. The number of hydrogen-bond acceptors (Lipinski definition) is 11. The normalized spacial score (nSPS) is 41.0. The number of carbonyl (C=O) groups excluding carboxylic acids is 3. The molecule has 1 saturated heterocycles. The van der Waals surface area contributed by atoms with E-state index in [2.05, 4.69) is 0 Å². The van der Waals surface area contributed by atoms with Crippen LogP contribution < -0.4 is 0 Å². The molecule has 4 aliphatic rings. The second kappa shape index (κ2) is 10.1. The molecule has 2 saturated carbocycles. The first-order valence-corrected chi connectivity index (χ1v) is 14.2. The van der Waals surface area contributed by atoms with Crippen LogP contribution in [0, 0.1) is 16.7 Å². The van der Waals surface area contributed by atoms with Gasteiger partial charge in [0.25, 0.3) is 0 Å². The molecule has 10 unspecified atom stereocenters. The fraction of sp³-hybridized carbons (Fsp3) is 0.645. The van der Waals surface area contributed by atoms with Gasteiger partial charge in [-0.05, 0) is 44.1 Å². The van der Waals surface area contributed by atoms with Crippen molar-refractivity contribution in [2.75, 3.05) is 6.61 Å². The molecule has 3 fully saturated rings. The number of benzene rings is 1. The van der Waals surface area contributed by atoms with Crippen LogP contribution in [0.5, 0.6) is 0 Å². The fourth-order valence-corrected chi connectivity index (χ4v) is 8.32. The van der Waals surface area contributed by atoms with Gasteiger partial charge in [0.1, 0.15) is 24.4 Å². The van der Waals surface area contributed by atoms with Crippen molar-refractivity contribution in [1.29, 1.82) is 0 Å². The van der Waals surface area contributed by atoms with E-state index in [9.17, 15) is 34.8 Å². The second-order valence-corrected chi connectivity index (χ2v) is 13.0. The third-order valence-electron chi connectivity index (χ3n) is 10.3. The van der Waals surface area contributed by atoms with Crippen molar-refractivity contribution >= 4 is 17.9 Å². The van der Waals surface area contributed by atoms with Crippen molar-refractivity contribution in [3.63, 3.8) is 0 Å². The fourth-order valence-electron chi connectivity index (χ4n) is 8.32. The zero-order valence-electron chi connectivity index (χ0n) is 24.7. The van der Waals surface area contributed by atoms with Crippen LogP contribution in [0.15, 0.2) is 41.5 Å². The van der Waals surface area contributed by atoms with Gasteiger partial charge in [0, 0.05) is 32.1 Å². The van der Waals surface area contributed by atoms with E-state index >= 15 is 0 Å².